The summed E-state index contributed by atoms with van der Waals surface area (Å²) in [6.07, 6.45) is 4.89. The average Bonchev–Trinajstić information content (AvgIpc) is 2.38. The predicted octanol–water partition coefficient (Wildman–Crippen LogP) is 5.64. The Bertz CT molecular complexity index is 496. The Labute approximate surface area is 132 Å². The van der Waals surface area contributed by atoms with Crippen LogP contribution in [0.25, 0.3) is 0 Å². The minimum Gasteiger partial charge on any atom is -0.310 e. The maximum Gasteiger partial charge on any atom is 0.0595 e. The Kier molecular flexibility index (Phi) is 5.54. The van der Waals surface area contributed by atoms with Crippen LogP contribution in [0.2, 0.25) is 10.0 Å². The smallest absolute Gasteiger partial charge is 0.0595 e. The molecule has 1 aromatic rings. The van der Waals surface area contributed by atoms with E-state index in [1.165, 1.54) is 24.0 Å². The van der Waals surface area contributed by atoms with Crippen LogP contribution in [0.15, 0.2) is 29.8 Å². The van der Waals surface area contributed by atoms with Gasteiger partial charge in [-0.25, -0.2) is 0 Å². The molecule has 0 heterocycles. The first-order valence-corrected chi connectivity index (χ1v) is 8.07. The van der Waals surface area contributed by atoms with Gasteiger partial charge in [0.25, 0.3) is 0 Å². The highest BCUT2D eigenvalue weighted by molar-refractivity contribution is 6.42. The summed E-state index contributed by atoms with van der Waals surface area (Å²) >= 11 is 12.0. The number of allylic oxidation sites excluding steroid dienone is 2. The molecule has 0 aromatic heterocycles. The molecule has 0 aliphatic heterocycles. The summed E-state index contributed by atoms with van der Waals surface area (Å²) in [6, 6.07) is 6.16. The van der Waals surface area contributed by atoms with Crippen LogP contribution in [-0.4, -0.2) is 6.54 Å². The highest BCUT2D eigenvalue weighted by atomic mass is 35.5. The van der Waals surface area contributed by atoms with E-state index in [4.69, 9.17) is 23.2 Å². The lowest BCUT2D eigenvalue weighted by molar-refractivity contribution is 0.367. The summed E-state index contributed by atoms with van der Waals surface area (Å²) in [4.78, 5) is 0. The van der Waals surface area contributed by atoms with Crippen molar-refractivity contribution in [1.29, 1.82) is 0 Å². The van der Waals surface area contributed by atoms with E-state index in [9.17, 15) is 0 Å². The highest BCUT2D eigenvalue weighted by Crippen LogP contribution is 2.29. The maximum absolute atomic E-state index is 6.08. The molecule has 1 aromatic carbocycles. The van der Waals surface area contributed by atoms with Gasteiger partial charge in [0.15, 0.2) is 0 Å². The van der Waals surface area contributed by atoms with Gasteiger partial charge in [0.1, 0.15) is 0 Å². The number of halogens is 2. The summed E-state index contributed by atoms with van der Waals surface area (Å²) in [7, 11) is 0. The van der Waals surface area contributed by atoms with E-state index in [-0.39, 0.29) is 0 Å². The molecule has 20 heavy (non-hydrogen) atoms. The van der Waals surface area contributed by atoms with E-state index in [2.05, 4.69) is 32.2 Å². The lowest BCUT2D eigenvalue weighted by Crippen LogP contribution is -2.28. The molecule has 0 radical (unpaired) electrons. The van der Waals surface area contributed by atoms with Gasteiger partial charge in [-0.15, -0.1) is 0 Å². The van der Waals surface area contributed by atoms with Crippen molar-refractivity contribution in [2.75, 3.05) is 6.54 Å². The van der Waals surface area contributed by atoms with Crippen molar-refractivity contribution in [2.24, 2.45) is 11.8 Å². The largest absolute Gasteiger partial charge is 0.310 e. The molecule has 3 heteroatoms. The van der Waals surface area contributed by atoms with Crippen LogP contribution in [0, 0.1) is 11.8 Å². The van der Waals surface area contributed by atoms with E-state index in [0.717, 1.165) is 12.5 Å². The number of hydrogen-bond acceptors (Lipinski definition) is 1. The Hall–Kier alpha value is -0.500. The Morgan fingerprint density at radius 1 is 1.30 bits per heavy atom. The third kappa shape index (κ3) is 4.25. The van der Waals surface area contributed by atoms with Crippen molar-refractivity contribution in [2.45, 2.75) is 39.7 Å². The minimum atomic E-state index is 0.297. The molecule has 1 nitrogen and oxygen atoms in total. The molecule has 3 unspecified atom stereocenters. The number of rotatable bonds is 4. The van der Waals surface area contributed by atoms with Gasteiger partial charge in [-0.1, -0.05) is 47.8 Å². The van der Waals surface area contributed by atoms with Crippen molar-refractivity contribution >= 4 is 23.2 Å². The summed E-state index contributed by atoms with van der Waals surface area (Å²) < 4.78 is 0. The van der Waals surface area contributed by atoms with E-state index >= 15 is 0 Å². The van der Waals surface area contributed by atoms with Gasteiger partial charge in [0.05, 0.1) is 10.0 Å². The van der Waals surface area contributed by atoms with Gasteiger partial charge in [0, 0.05) is 6.04 Å². The molecule has 1 aliphatic carbocycles. The summed E-state index contributed by atoms with van der Waals surface area (Å²) in [6.45, 7) is 7.77. The Balaban J connectivity index is 1.90. The molecule has 0 saturated carbocycles. The fourth-order valence-electron chi connectivity index (χ4n) is 3.08. The van der Waals surface area contributed by atoms with Gasteiger partial charge >= 0.3 is 0 Å². The molecule has 0 saturated heterocycles. The normalized spacial score (nSPS) is 24.4. The SMILES string of the molecule is CC1=CC(C)CC(CNC(C)c2ccc(Cl)c(Cl)c2)C1. The second-order valence-electron chi connectivity index (χ2n) is 6.10. The van der Waals surface area contributed by atoms with Crippen LogP contribution in [0.3, 0.4) is 0 Å². The fraction of sp³-hybridized carbons (Fsp3) is 0.529. The lowest BCUT2D eigenvalue weighted by atomic mass is 9.83. The van der Waals surface area contributed by atoms with E-state index in [0.29, 0.717) is 22.0 Å². The molecule has 3 atom stereocenters. The Morgan fingerprint density at radius 3 is 2.70 bits per heavy atom. The third-order valence-corrected chi connectivity index (χ3v) is 4.78. The van der Waals surface area contributed by atoms with Crippen LogP contribution >= 0.6 is 23.2 Å². The van der Waals surface area contributed by atoms with Gasteiger partial charge in [-0.3, -0.25) is 0 Å². The summed E-state index contributed by atoms with van der Waals surface area (Å²) in [5.41, 5.74) is 2.72. The average molecular weight is 312 g/mol. The molecule has 0 fully saturated rings. The molecule has 0 bridgehead atoms. The molecule has 110 valence electrons. The van der Waals surface area contributed by atoms with Gasteiger partial charge < -0.3 is 5.32 Å². The lowest BCUT2D eigenvalue weighted by Gasteiger charge is -2.27. The van der Waals surface area contributed by atoms with Crippen molar-refractivity contribution in [3.8, 4) is 0 Å². The van der Waals surface area contributed by atoms with Crippen LogP contribution < -0.4 is 5.32 Å². The van der Waals surface area contributed by atoms with Crippen molar-refractivity contribution in [1.82, 2.24) is 5.32 Å². The first-order valence-electron chi connectivity index (χ1n) is 7.31. The zero-order valence-electron chi connectivity index (χ0n) is 12.4. The van der Waals surface area contributed by atoms with E-state index in [1.807, 2.05) is 18.2 Å². The molecule has 0 spiro atoms. The van der Waals surface area contributed by atoms with Crippen LogP contribution in [-0.2, 0) is 0 Å². The van der Waals surface area contributed by atoms with Crippen molar-refractivity contribution < 1.29 is 0 Å². The number of hydrogen-bond donors (Lipinski definition) is 1. The molecular formula is C17H23Cl2N. The molecule has 1 N–H and O–H groups in total. The summed E-state index contributed by atoms with van der Waals surface area (Å²) in [5.74, 6) is 1.44. The molecule has 0 amide bonds. The van der Waals surface area contributed by atoms with Gasteiger partial charge in [0.2, 0.25) is 0 Å². The monoisotopic (exact) mass is 311 g/mol. The quantitative estimate of drug-likeness (QED) is 0.710. The zero-order valence-corrected chi connectivity index (χ0v) is 13.9. The van der Waals surface area contributed by atoms with Crippen molar-refractivity contribution in [3.63, 3.8) is 0 Å². The zero-order chi connectivity index (χ0) is 14.7. The maximum atomic E-state index is 6.08. The van der Waals surface area contributed by atoms with E-state index < -0.39 is 0 Å². The molecule has 1 aliphatic rings. The van der Waals surface area contributed by atoms with Crippen LogP contribution in [0.4, 0.5) is 0 Å². The van der Waals surface area contributed by atoms with Crippen LogP contribution in [0.5, 0.6) is 0 Å². The van der Waals surface area contributed by atoms with Crippen LogP contribution in [0.1, 0.15) is 45.2 Å². The highest BCUT2D eigenvalue weighted by Gasteiger charge is 2.18. The molecule has 2 rings (SSSR count). The fourth-order valence-corrected chi connectivity index (χ4v) is 3.39. The summed E-state index contributed by atoms with van der Waals surface area (Å²) in [5, 5.41) is 4.87. The number of nitrogens with one attached hydrogen (secondary N) is 1. The van der Waals surface area contributed by atoms with Crippen molar-refractivity contribution in [3.05, 3.63) is 45.5 Å². The Morgan fingerprint density at radius 2 is 2.05 bits per heavy atom. The third-order valence-electron chi connectivity index (χ3n) is 4.04. The first-order chi connectivity index (χ1) is 9.45. The first kappa shape index (κ1) is 15.9. The second kappa shape index (κ2) is 6.98. The van der Waals surface area contributed by atoms with Gasteiger partial charge in [-0.2, -0.15) is 0 Å². The van der Waals surface area contributed by atoms with E-state index in [1.54, 1.807) is 0 Å². The topological polar surface area (TPSA) is 12.0 Å². The predicted molar refractivity (Wildman–Crippen MR) is 88.5 cm³/mol. The minimum absolute atomic E-state index is 0.297. The second-order valence-corrected chi connectivity index (χ2v) is 6.91. The standard InChI is InChI=1S/C17H23Cl2N/c1-11-6-12(2)8-14(7-11)10-20-13(3)15-4-5-16(18)17(19)9-15/h4-6,9,11,13-14,20H,7-8,10H2,1-3H3. The molecular weight excluding hydrogens is 289 g/mol. The number of benzene rings is 1. The van der Waals surface area contributed by atoms with Gasteiger partial charge in [-0.05, 0) is 62.8 Å².